The molecule has 13 heavy (non-hydrogen) atoms. The number of nitrogens with one attached hydrogen (secondary N) is 1. The summed E-state index contributed by atoms with van der Waals surface area (Å²) in [5, 5.41) is 10.8. The third kappa shape index (κ3) is 1.51. The second-order valence-corrected chi connectivity index (χ2v) is 2.90. The maximum atomic E-state index is 8.84. The normalized spacial score (nSPS) is 13.8. The number of aliphatic hydroxyl groups excluding tert-OH is 1. The summed E-state index contributed by atoms with van der Waals surface area (Å²) in [6.45, 7) is 0.747. The molecular formula is C10H12N2O. The maximum absolute atomic E-state index is 8.84. The van der Waals surface area contributed by atoms with Crippen molar-refractivity contribution < 1.29 is 5.11 Å². The summed E-state index contributed by atoms with van der Waals surface area (Å²) >= 11 is 0. The summed E-state index contributed by atoms with van der Waals surface area (Å²) in [7, 11) is 0. The number of benzene rings is 1. The van der Waals surface area contributed by atoms with Crippen molar-refractivity contribution in [3.8, 4) is 0 Å². The van der Waals surface area contributed by atoms with Crippen LogP contribution in [0.25, 0.3) is 6.08 Å². The molecule has 1 aromatic rings. The SMILES string of the molecule is OCCN1NC=Cc2ccccc21. The van der Waals surface area contributed by atoms with Gasteiger partial charge in [-0.3, -0.25) is 5.01 Å². The van der Waals surface area contributed by atoms with Crippen molar-refractivity contribution in [1.29, 1.82) is 0 Å². The molecule has 0 spiro atoms. The summed E-state index contributed by atoms with van der Waals surface area (Å²) in [6.07, 6.45) is 3.89. The Morgan fingerprint density at radius 1 is 1.31 bits per heavy atom. The fraction of sp³-hybridized carbons (Fsp3) is 0.200. The molecule has 3 nitrogen and oxygen atoms in total. The van der Waals surface area contributed by atoms with Crippen LogP contribution in [0.3, 0.4) is 0 Å². The molecule has 1 heterocycles. The zero-order chi connectivity index (χ0) is 9.10. The fourth-order valence-electron chi connectivity index (χ4n) is 1.45. The molecule has 3 heteroatoms. The highest BCUT2D eigenvalue weighted by molar-refractivity contribution is 5.69. The molecule has 0 saturated carbocycles. The van der Waals surface area contributed by atoms with E-state index in [1.54, 1.807) is 0 Å². The number of para-hydroxylation sites is 1. The molecule has 2 N–H and O–H groups in total. The predicted molar refractivity (Wildman–Crippen MR) is 53.0 cm³/mol. The molecule has 0 atom stereocenters. The number of aliphatic hydroxyl groups is 1. The van der Waals surface area contributed by atoms with Crippen molar-refractivity contribution in [3.63, 3.8) is 0 Å². The average molecular weight is 176 g/mol. The third-order valence-electron chi connectivity index (χ3n) is 2.04. The smallest absolute Gasteiger partial charge is 0.0645 e. The van der Waals surface area contributed by atoms with Gasteiger partial charge in [0.15, 0.2) is 0 Å². The monoisotopic (exact) mass is 176 g/mol. The molecule has 68 valence electrons. The first-order valence-electron chi connectivity index (χ1n) is 4.32. The van der Waals surface area contributed by atoms with E-state index in [0.717, 1.165) is 5.69 Å². The quantitative estimate of drug-likeness (QED) is 0.705. The molecular weight excluding hydrogens is 164 g/mol. The van der Waals surface area contributed by atoms with Crippen molar-refractivity contribution in [2.45, 2.75) is 0 Å². The van der Waals surface area contributed by atoms with Crippen LogP contribution in [0.15, 0.2) is 30.5 Å². The molecule has 1 aromatic carbocycles. The summed E-state index contributed by atoms with van der Waals surface area (Å²) in [6, 6.07) is 8.08. The van der Waals surface area contributed by atoms with Gasteiger partial charge in [0.2, 0.25) is 0 Å². The van der Waals surface area contributed by atoms with Crippen LogP contribution < -0.4 is 10.4 Å². The van der Waals surface area contributed by atoms with Gasteiger partial charge in [-0.05, 0) is 12.1 Å². The number of β-amino-alcohol motifs (C(OH)–C–C–N with tert-alkyl or cyclic N) is 1. The van der Waals surface area contributed by atoms with Crippen molar-refractivity contribution in [1.82, 2.24) is 5.43 Å². The highest BCUT2D eigenvalue weighted by Gasteiger charge is 2.10. The third-order valence-corrected chi connectivity index (χ3v) is 2.04. The summed E-state index contributed by atoms with van der Waals surface area (Å²) in [4.78, 5) is 0. The van der Waals surface area contributed by atoms with Crippen LogP contribution in [0.5, 0.6) is 0 Å². The number of nitrogens with zero attached hydrogens (tertiary/aromatic N) is 1. The van der Waals surface area contributed by atoms with E-state index in [2.05, 4.69) is 11.5 Å². The van der Waals surface area contributed by atoms with Gasteiger partial charge in [-0.15, -0.1) is 0 Å². The molecule has 1 aliphatic heterocycles. The molecule has 0 bridgehead atoms. The molecule has 0 fully saturated rings. The molecule has 1 aliphatic rings. The van der Waals surface area contributed by atoms with E-state index < -0.39 is 0 Å². The van der Waals surface area contributed by atoms with Gasteiger partial charge in [0.25, 0.3) is 0 Å². The lowest BCUT2D eigenvalue weighted by molar-refractivity contribution is 0.299. The van der Waals surface area contributed by atoms with Crippen LogP contribution in [-0.2, 0) is 0 Å². The largest absolute Gasteiger partial charge is 0.394 e. The van der Waals surface area contributed by atoms with Crippen molar-refractivity contribution >= 4 is 11.8 Å². The summed E-state index contributed by atoms with van der Waals surface area (Å²) < 4.78 is 0. The van der Waals surface area contributed by atoms with E-state index in [1.165, 1.54) is 5.56 Å². The Morgan fingerprint density at radius 3 is 3.00 bits per heavy atom. The van der Waals surface area contributed by atoms with Gasteiger partial charge < -0.3 is 10.5 Å². The van der Waals surface area contributed by atoms with Crippen molar-refractivity contribution in [3.05, 3.63) is 36.0 Å². The molecule has 0 radical (unpaired) electrons. The summed E-state index contributed by atoms with van der Waals surface area (Å²) in [5.74, 6) is 0. The first kappa shape index (κ1) is 8.13. The lowest BCUT2D eigenvalue weighted by Crippen LogP contribution is -2.38. The second kappa shape index (κ2) is 3.49. The molecule has 0 aliphatic carbocycles. The highest BCUT2D eigenvalue weighted by atomic mass is 16.3. The topological polar surface area (TPSA) is 35.5 Å². The van der Waals surface area contributed by atoms with E-state index in [0.29, 0.717) is 6.54 Å². The fourth-order valence-corrected chi connectivity index (χ4v) is 1.45. The second-order valence-electron chi connectivity index (χ2n) is 2.90. The van der Waals surface area contributed by atoms with E-state index in [1.807, 2.05) is 35.5 Å². The predicted octanol–water partition coefficient (Wildman–Crippen LogP) is 0.974. The molecule has 2 rings (SSSR count). The highest BCUT2D eigenvalue weighted by Crippen LogP contribution is 2.22. The molecule has 0 amide bonds. The van der Waals surface area contributed by atoms with E-state index in [4.69, 9.17) is 5.11 Å². The van der Waals surface area contributed by atoms with Crippen molar-refractivity contribution in [2.75, 3.05) is 18.2 Å². The minimum atomic E-state index is 0.148. The van der Waals surface area contributed by atoms with E-state index in [9.17, 15) is 0 Å². The average Bonchev–Trinajstić information content (AvgIpc) is 2.19. The Bertz CT molecular complexity index is 322. The number of hydrogen-bond donors (Lipinski definition) is 2. The number of rotatable bonds is 2. The van der Waals surface area contributed by atoms with Gasteiger partial charge in [0, 0.05) is 11.8 Å². The van der Waals surface area contributed by atoms with Crippen LogP contribution in [0.2, 0.25) is 0 Å². The van der Waals surface area contributed by atoms with Gasteiger partial charge >= 0.3 is 0 Å². The maximum Gasteiger partial charge on any atom is 0.0645 e. The Balaban J connectivity index is 2.32. The number of hydrazine groups is 1. The van der Waals surface area contributed by atoms with Crippen LogP contribution in [-0.4, -0.2) is 18.3 Å². The van der Waals surface area contributed by atoms with Gasteiger partial charge in [0.1, 0.15) is 0 Å². The lowest BCUT2D eigenvalue weighted by atomic mass is 10.1. The zero-order valence-electron chi connectivity index (χ0n) is 7.27. The van der Waals surface area contributed by atoms with Crippen LogP contribution in [0.4, 0.5) is 5.69 Å². The number of anilines is 1. The lowest BCUT2D eigenvalue weighted by Gasteiger charge is -2.28. The van der Waals surface area contributed by atoms with Gasteiger partial charge in [-0.25, -0.2) is 0 Å². The van der Waals surface area contributed by atoms with Crippen LogP contribution in [0.1, 0.15) is 5.56 Å². The van der Waals surface area contributed by atoms with Gasteiger partial charge in [-0.1, -0.05) is 18.2 Å². The standard InChI is InChI=1S/C10H12N2O/c13-8-7-12-10-4-2-1-3-9(10)5-6-11-12/h1-6,11,13H,7-8H2. The molecule has 0 aromatic heterocycles. The van der Waals surface area contributed by atoms with Crippen LogP contribution >= 0.6 is 0 Å². The van der Waals surface area contributed by atoms with Gasteiger partial charge in [0.05, 0.1) is 18.8 Å². The Kier molecular flexibility index (Phi) is 2.19. The minimum Gasteiger partial charge on any atom is -0.394 e. The Hall–Kier alpha value is -1.48. The van der Waals surface area contributed by atoms with Crippen LogP contribution in [0, 0.1) is 0 Å². The number of hydrogen-bond acceptors (Lipinski definition) is 3. The minimum absolute atomic E-state index is 0.148. The first-order chi connectivity index (χ1) is 6.42. The summed E-state index contributed by atoms with van der Waals surface area (Å²) in [5.41, 5.74) is 5.35. The number of fused-ring (bicyclic) bond motifs is 1. The van der Waals surface area contributed by atoms with Crippen molar-refractivity contribution in [2.24, 2.45) is 0 Å². The molecule has 0 saturated heterocycles. The zero-order valence-corrected chi connectivity index (χ0v) is 7.27. The van der Waals surface area contributed by atoms with Gasteiger partial charge in [-0.2, -0.15) is 0 Å². The Morgan fingerprint density at radius 2 is 2.15 bits per heavy atom. The first-order valence-corrected chi connectivity index (χ1v) is 4.32. The van der Waals surface area contributed by atoms with E-state index >= 15 is 0 Å². The molecule has 0 unspecified atom stereocenters. The Labute approximate surface area is 77.3 Å². The van der Waals surface area contributed by atoms with E-state index in [-0.39, 0.29) is 6.61 Å².